The highest BCUT2D eigenvalue weighted by Crippen LogP contribution is 2.33. The van der Waals surface area contributed by atoms with Crippen molar-refractivity contribution < 1.29 is 88.6 Å². The SMILES string of the molecule is COCCOc1ccc(-c2ccc(-c3nnc(-c4ccc(C(=O)NC5C[C@@H](O)CNC(=O)[C@@H]6[C@@H](O)[C@@H](C)CN6C(=O)[C@H]([C@H](O)CCN)NC(=O)[C@H]([C@H](O)Cc6ccc(O)c(OCCNCCO)c6)NC(=O)[C@@H]6C[C@@H](O)CN6C(=O)[C@H]([C@@H](C)O)NC5=O)cc4)s3)cc2)cc1. The van der Waals surface area contributed by atoms with Crippen LogP contribution < -0.4 is 47.1 Å². The van der Waals surface area contributed by atoms with E-state index in [1.54, 1.807) is 19.2 Å². The molecule has 502 valence electrons. The normalized spacial score (nSPS) is 24.5. The fourth-order valence-electron chi connectivity index (χ4n) is 11.1. The minimum absolute atomic E-state index is 0.0240. The third-order valence-electron chi connectivity index (χ3n) is 16.2. The number of amides is 7. The van der Waals surface area contributed by atoms with E-state index in [1.165, 1.54) is 48.6 Å². The van der Waals surface area contributed by atoms with Crippen LogP contribution in [0.4, 0.5) is 0 Å². The van der Waals surface area contributed by atoms with E-state index in [0.29, 0.717) is 28.8 Å². The summed E-state index contributed by atoms with van der Waals surface area (Å²) in [4.78, 5) is 103. The molecular formula is C63H81N11O18S. The van der Waals surface area contributed by atoms with Gasteiger partial charge in [-0.25, -0.2) is 0 Å². The second-order valence-electron chi connectivity index (χ2n) is 23.1. The third kappa shape index (κ3) is 18.1. The van der Waals surface area contributed by atoms with Crippen molar-refractivity contribution in [3.05, 3.63) is 102 Å². The van der Waals surface area contributed by atoms with Gasteiger partial charge in [0.15, 0.2) is 11.5 Å². The summed E-state index contributed by atoms with van der Waals surface area (Å²) in [5.41, 5.74) is 9.43. The molecule has 0 spiro atoms. The first-order valence-electron chi connectivity index (χ1n) is 30.5. The molecule has 3 aliphatic heterocycles. The first-order chi connectivity index (χ1) is 44.6. The molecule has 16 N–H and O–H groups in total. The molecule has 1 aromatic heterocycles. The van der Waals surface area contributed by atoms with Gasteiger partial charge in [0.1, 0.15) is 65.2 Å². The Labute approximate surface area is 539 Å². The Morgan fingerprint density at radius 1 is 0.710 bits per heavy atom. The molecule has 7 amide bonds. The number of benzene rings is 4. The number of phenols is 1. The van der Waals surface area contributed by atoms with Gasteiger partial charge in [0.05, 0.1) is 49.8 Å². The number of phenolic OH excluding ortho intramolecular Hbond substituents is 1. The number of methoxy groups -OCH3 is 1. The molecule has 5 aromatic rings. The van der Waals surface area contributed by atoms with Crippen molar-refractivity contribution in [2.75, 3.05) is 72.8 Å². The standard InChI is InChI=1S/C63H81N11O18S/c1-33-31-74-53(54(33)82)59(87)66-30-41(77)28-44(67-55(83)38-7-11-40(12-8-38)61-72-71-60(93-61)39-9-5-36(6-10-39)37-13-15-43(16-14-37)91-25-24-90-3)56(84)68-50(34(2)76)62(88)73-32-42(78)29-45(73)57(85)69-51(58(86)70-52(63(74)89)47(80)18-19-64)48(81)26-35-4-17-46(79)49(27-35)92-23-21-65-20-22-75/h4-17,27,33-34,41-42,44-45,47-48,50-54,65,75-82H,18-26,28-32,64H2,1-3H3,(H,66,87)(H,67,83)(H,68,84)(H,69,85)(H,70,86)/t33-,34+,41+,42+,44?,45-,47+,48+,50-,51-,52-,53-,54-/m0/s1. The van der Waals surface area contributed by atoms with Crippen molar-refractivity contribution in [3.63, 3.8) is 0 Å². The van der Waals surface area contributed by atoms with Crippen LogP contribution in [-0.4, -0.2) is 248 Å². The van der Waals surface area contributed by atoms with Crippen molar-refractivity contribution in [2.24, 2.45) is 11.7 Å². The minimum Gasteiger partial charge on any atom is -0.504 e. The molecule has 4 aromatic carbocycles. The van der Waals surface area contributed by atoms with Gasteiger partial charge < -0.3 is 102 Å². The van der Waals surface area contributed by atoms with Crippen LogP contribution in [0.25, 0.3) is 32.3 Å². The van der Waals surface area contributed by atoms with E-state index < -0.39 is 152 Å². The van der Waals surface area contributed by atoms with E-state index >= 15 is 0 Å². The maximum absolute atomic E-state index is 14.8. The van der Waals surface area contributed by atoms with E-state index in [1.807, 2.05) is 48.5 Å². The summed E-state index contributed by atoms with van der Waals surface area (Å²) in [7, 11) is 1.61. The Balaban J connectivity index is 1.05. The molecule has 8 rings (SSSR count). The first-order valence-corrected chi connectivity index (χ1v) is 31.3. The van der Waals surface area contributed by atoms with Crippen molar-refractivity contribution in [1.29, 1.82) is 0 Å². The second-order valence-corrected chi connectivity index (χ2v) is 24.1. The van der Waals surface area contributed by atoms with Gasteiger partial charge in [-0.05, 0) is 73.0 Å². The molecule has 0 bridgehead atoms. The van der Waals surface area contributed by atoms with Gasteiger partial charge >= 0.3 is 0 Å². The van der Waals surface area contributed by atoms with E-state index in [2.05, 4.69) is 42.1 Å². The molecule has 93 heavy (non-hydrogen) atoms. The maximum Gasteiger partial charge on any atom is 0.251 e. The Morgan fingerprint density at radius 2 is 1.33 bits per heavy atom. The average Bonchev–Trinajstić information content (AvgIpc) is 1.82. The molecular weight excluding hydrogens is 1230 g/mol. The number of aromatic nitrogens is 2. The highest BCUT2D eigenvalue weighted by atomic mass is 32.1. The molecule has 13 atom stereocenters. The number of β-amino-alcohol motifs (C(OH)–C–C–N with tert-alkyl or cyclic N) is 1. The van der Waals surface area contributed by atoms with Crippen LogP contribution >= 0.6 is 11.3 Å². The number of carbonyl (C=O) groups is 7. The summed E-state index contributed by atoms with van der Waals surface area (Å²) < 4.78 is 16.4. The highest BCUT2D eigenvalue weighted by Gasteiger charge is 2.50. The molecule has 0 radical (unpaired) electrons. The number of nitrogens with zero attached hydrogens (tertiary/aromatic N) is 4. The van der Waals surface area contributed by atoms with Gasteiger partial charge in [-0.2, -0.15) is 0 Å². The fourth-order valence-corrected chi connectivity index (χ4v) is 12.0. The molecule has 29 nitrogen and oxygen atoms in total. The van der Waals surface area contributed by atoms with Crippen molar-refractivity contribution in [2.45, 2.75) is 112 Å². The second kappa shape index (κ2) is 33.0. The zero-order valence-corrected chi connectivity index (χ0v) is 52.3. The monoisotopic (exact) mass is 1310 g/mol. The molecule has 3 saturated heterocycles. The van der Waals surface area contributed by atoms with Gasteiger partial charge in [-0.15, -0.1) is 10.2 Å². The van der Waals surface area contributed by atoms with Crippen molar-refractivity contribution in [3.8, 4) is 49.5 Å². The number of ether oxygens (including phenoxy) is 3. The number of nitrogens with two attached hydrogens (primary N) is 1. The Hall–Kier alpha value is -8.27. The summed E-state index contributed by atoms with van der Waals surface area (Å²) in [5.74, 6) is -8.03. The largest absolute Gasteiger partial charge is 0.504 e. The van der Waals surface area contributed by atoms with Gasteiger partial charge in [0.2, 0.25) is 35.4 Å². The first kappa shape index (κ1) is 70.6. The van der Waals surface area contributed by atoms with Crippen molar-refractivity contribution in [1.82, 2.24) is 51.9 Å². The molecule has 0 saturated carbocycles. The summed E-state index contributed by atoms with van der Waals surface area (Å²) >= 11 is 1.30. The fraction of sp³-hybridized carbons (Fsp3) is 0.476. The summed E-state index contributed by atoms with van der Waals surface area (Å²) in [6.07, 6.45) is -12.0. The predicted octanol–water partition coefficient (Wildman–Crippen LogP) is -2.47. The zero-order valence-electron chi connectivity index (χ0n) is 51.5. The van der Waals surface area contributed by atoms with Gasteiger partial charge in [0, 0.05) is 81.7 Å². The van der Waals surface area contributed by atoms with Gasteiger partial charge in [-0.1, -0.05) is 72.9 Å². The summed E-state index contributed by atoms with van der Waals surface area (Å²) in [6.45, 7) is 2.29. The summed E-state index contributed by atoms with van der Waals surface area (Å²) in [6, 6.07) is 14.5. The Bertz CT molecular complexity index is 3360. The number of fused-ring (bicyclic) bond motifs is 2. The van der Waals surface area contributed by atoms with Crippen LogP contribution in [0.1, 0.15) is 49.0 Å². The lowest BCUT2D eigenvalue weighted by Gasteiger charge is -2.34. The molecule has 4 heterocycles. The number of hydrogen-bond acceptors (Lipinski definition) is 23. The molecule has 3 aliphatic rings. The number of aromatic hydroxyl groups is 1. The highest BCUT2D eigenvalue weighted by molar-refractivity contribution is 7.17. The Morgan fingerprint density at radius 3 is 1.98 bits per heavy atom. The van der Waals surface area contributed by atoms with E-state index in [9.17, 15) is 69.3 Å². The van der Waals surface area contributed by atoms with Crippen LogP contribution in [-0.2, 0) is 39.9 Å². The molecule has 3 fully saturated rings. The topological polar surface area (TPSA) is 439 Å². The quantitative estimate of drug-likeness (QED) is 0.0319. The lowest BCUT2D eigenvalue weighted by molar-refractivity contribution is -0.147. The lowest BCUT2D eigenvalue weighted by Crippen LogP contribution is -2.64. The number of aliphatic hydroxyl groups is 7. The van der Waals surface area contributed by atoms with Crippen LogP contribution in [0.3, 0.4) is 0 Å². The number of hydrogen-bond donors (Lipinski definition) is 15. The van der Waals surface area contributed by atoms with Crippen LogP contribution in [0.2, 0.25) is 0 Å². The van der Waals surface area contributed by atoms with E-state index in [-0.39, 0.29) is 68.4 Å². The molecule has 1 unspecified atom stereocenters. The number of carbonyl (C=O) groups excluding carboxylic acids is 7. The zero-order chi connectivity index (χ0) is 67.0. The van der Waals surface area contributed by atoms with Crippen LogP contribution in [0.5, 0.6) is 17.2 Å². The average molecular weight is 1310 g/mol. The number of nitrogens with one attached hydrogen (secondary N) is 6. The maximum atomic E-state index is 14.8. The van der Waals surface area contributed by atoms with Crippen LogP contribution in [0, 0.1) is 5.92 Å². The number of rotatable bonds is 22. The molecule has 0 aliphatic carbocycles. The van der Waals surface area contributed by atoms with E-state index in [0.717, 1.165) is 39.2 Å². The predicted molar refractivity (Wildman–Crippen MR) is 336 cm³/mol. The number of aliphatic hydroxyl groups excluding tert-OH is 7. The smallest absolute Gasteiger partial charge is 0.251 e. The van der Waals surface area contributed by atoms with Gasteiger partial charge in [0.25, 0.3) is 5.91 Å². The molecule has 30 heteroatoms. The van der Waals surface area contributed by atoms with E-state index in [4.69, 9.17) is 25.1 Å². The Kier molecular flexibility index (Phi) is 25.1. The lowest BCUT2D eigenvalue weighted by atomic mass is 9.98. The van der Waals surface area contributed by atoms with Gasteiger partial charge in [-0.3, -0.25) is 33.6 Å². The van der Waals surface area contributed by atoms with Crippen molar-refractivity contribution >= 4 is 52.7 Å². The van der Waals surface area contributed by atoms with Crippen LogP contribution in [0.15, 0.2) is 91.0 Å². The summed E-state index contributed by atoms with van der Waals surface area (Å²) in [5, 5.41) is 114. The third-order valence-corrected chi connectivity index (χ3v) is 17.2. The minimum atomic E-state index is -2.06.